The smallest absolute Gasteiger partial charge is 0.306 e. The Balaban J connectivity index is 2.03. The summed E-state index contributed by atoms with van der Waals surface area (Å²) in [7, 11) is 3.90. The van der Waals surface area contributed by atoms with Gasteiger partial charge < -0.3 is 14.7 Å². The number of benzene rings is 2. The first kappa shape index (κ1) is 19.4. The van der Waals surface area contributed by atoms with Gasteiger partial charge >= 0.3 is 5.97 Å². The highest BCUT2D eigenvalue weighted by Gasteiger charge is 2.26. The molecule has 2 aromatic rings. The number of ether oxygens (including phenoxy) is 1. The molecule has 0 heterocycles. The van der Waals surface area contributed by atoms with E-state index in [1.165, 1.54) is 12.1 Å². The number of carbonyl (C=O) groups is 1. The summed E-state index contributed by atoms with van der Waals surface area (Å²) < 4.78 is 19.0. The molecule has 1 atom stereocenters. The highest BCUT2D eigenvalue weighted by molar-refractivity contribution is 5.71. The summed E-state index contributed by atoms with van der Waals surface area (Å²) in [6.07, 6.45) is 1.46. The van der Waals surface area contributed by atoms with Gasteiger partial charge in [0, 0.05) is 12.1 Å². The average Bonchev–Trinajstić information content (AvgIpc) is 2.71. The second-order valence-corrected chi connectivity index (χ2v) is 7.42. The summed E-state index contributed by atoms with van der Waals surface area (Å²) >= 11 is 0. The van der Waals surface area contributed by atoms with Crippen molar-refractivity contribution in [1.29, 1.82) is 0 Å². The molecule has 1 N–H and O–H groups in total. The number of nitrogens with zero attached hydrogens (tertiary/aromatic N) is 1. The summed E-state index contributed by atoms with van der Waals surface area (Å²) in [5.74, 6) is -0.351. The number of rotatable bonds is 5. The number of phenols is 1. The minimum Gasteiger partial charge on any atom is -0.508 e. The van der Waals surface area contributed by atoms with Gasteiger partial charge in [0.1, 0.15) is 11.6 Å². The van der Waals surface area contributed by atoms with Crippen LogP contribution in [0, 0.1) is 5.82 Å². The Morgan fingerprint density at radius 2 is 2.00 bits per heavy atom. The lowest BCUT2D eigenvalue weighted by molar-refractivity contribution is -0.143. The molecule has 0 amide bonds. The van der Waals surface area contributed by atoms with Gasteiger partial charge in [-0.1, -0.05) is 12.1 Å². The summed E-state index contributed by atoms with van der Waals surface area (Å²) in [4.78, 5) is 14.1. The Bertz CT molecular complexity index is 848. The van der Waals surface area contributed by atoms with E-state index < -0.39 is 0 Å². The monoisotopic (exact) mass is 371 g/mol. The zero-order chi connectivity index (χ0) is 19.6. The first-order valence-electron chi connectivity index (χ1n) is 9.29. The Hall–Kier alpha value is -2.40. The van der Waals surface area contributed by atoms with Crippen LogP contribution in [0.2, 0.25) is 0 Å². The lowest BCUT2D eigenvalue weighted by Gasteiger charge is -2.18. The largest absolute Gasteiger partial charge is 0.508 e. The molecule has 0 aromatic heterocycles. The highest BCUT2D eigenvalue weighted by atomic mass is 19.1. The quantitative estimate of drug-likeness (QED) is 0.813. The number of hydrogen-bond acceptors (Lipinski definition) is 4. The van der Waals surface area contributed by atoms with E-state index in [2.05, 4.69) is 0 Å². The lowest BCUT2D eigenvalue weighted by Crippen LogP contribution is -2.14. The van der Waals surface area contributed by atoms with Crippen molar-refractivity contribution in [2.75, 3.05) is 20.7 Å². The molecule has 144 valence electrons. The summed E-state index contributed by atoms with van der Waals surface area (Å²) in [5, 5.41) is 10.4. The van der Waals surface area contributed by atoms with Crippen LogP contribution in [0.25, 0.3) is 0 Å². The van der Waals surface area contributed by atoms with Crippen molar-refractivity contribution in [3.05, 3.63) is 64.0 Å². The van der Waals surface area contributed by atoms with Crippen molar-refractivity contribution in [2.24, 2.45) is 0 Å². The molecule has 0 saturated carbocycles. The van der Waals surface area contributed by atoms with Crippen molar-refractivity contribution in [3.63, 3.8) is 0 Å². The fraction of sp³-hybridized carbons (Fsp3) is 0.409. The lowest BCUT2D eigenvalue weighted by atomic mass is 9.88. The van der Waals surface area contributed by atoms with Crippen molar-refractivity contribution >= 4 is 5.97 Å². The van der Waals surface area contributed by atoms with Gasteiger partial charge in [0.05, 0.1) is 13.0 Å². The van der Waals surface area contributed by atoms with E-state index in [4.69, 9.17) is 4.74 Å². The Labute approximate surface area is 159 Å². The molecule has 4 nitrogen and oxygen atoms in total. The molecule has 2 aromatic carbocycles. The van der Waals surface area contributed by atoms with Gasteiger partial charge in [-0.2, -0.15) is 0 Å². The zero-order valence-corrected chi connectivity index (χ0v) is 16.1. The highest BCUT2D eigenvalue weighted by Crippen LogP contribution is 2.37. The number of hydrogen-bond donors (Lipinski definition) is 1. The van der Waals surface area contributed by atoms with Gasteiger partial charge in [0.15, 0.2) is 0 Å². The van der Waals surface area contributed by atoms with Crippen molar-refractivity contribution < 1.29 is 19.0 Å². The van der Waals surface area contributed by atoms with Crippen LogP contribution in [0.5, 0.6) is 5.75 Å². The third-order valence-electron chi connectivity index (χ3n) is 5.00. The van der Waals surface area contributed by atoms with Crippen LogP contribution >= 0.6 is 0 Å². The summed E-state index contributed by atoms with van der Waals surface area (Å²) in [6, 6.07) is 8.57. The summed E-state index contributed by atoms with van der Waals surface area (Å²) in [5.41, 5.74) is 4.77. The van der Waals surface area contributed by atoms with E-state index in [9.17, 15) is 14.3 Å². The molecule has 0 radical (unpaired) electrons. The molecule has 0 saturated heterocycles. The van der Waals surface area contributed by atoms with Crippen molar-refractivity contribution in [2.45, 2.75) is 38.6 Å². The number of fused-ring (bicyclic) bond motifs is 2. The predicted molar refractivity (Wildman–Crippen MR) is 102 cm³/mol. The molecule has 0 spiro atoms. The summed E-state index contributed by atoms with van der Waals surface area (Å²) in [6.45, 7) is 2.77. The molecule has 5 heteroatoms. The molecule has 3 rings (SSSR count). The van der Waals surface area contributed by atoms with E-state index >= 15 is 0 Å². The van der Waals surface area contributed by atoms with Crippen LogP contribution in [0.15, 0.2) is 30.3 Å². The fourth-order valence-electron chi connectivity index (χ4n) is 3.86. The Morgan fingerprint density at radius 3 is 2.70 bits per heavy atom. The molecule has 27 heavy (non-hydrogen) atoms. The SMILES string of the molecule is CCOC(=O)CC1Cc2cc(CN(C)C)c(O)cc2Cc2cc(F)ccc21. The molecular formula is C22H26FNO3. The molecule has 1 aliphatic carbocycles. The van der Waals surface area contributed by atoms with Crippen LogP contribution < -0.4 is 0 Å². The van der Waals surface area contributed by atoms with Crippen LogP contribution in [-0.4, -0.2) is 36.7 Å². The standard InChI is InChI=1S/C22H26FNO3/c1-4-27-22(26)12-17-7-14-9-18(13-24(2)3)21(25)11-15(14)8-16-10-19(23)5-6-20(16)17/h5-6,9-11,17,25H,4,7-8,12-13H2,1-3H3. The van der Waals surface area contributed by atoms with E-state index in [-0.39, 0.29) is 29.9 Å². The van der Waals surface area contributed by atoms with Crippen LogP contribution in [0.1, 0.15) is 47.1 Å². The third-order valence-corrected chi connectivity index (χ3v) is 5.00. The average molecular weight is 371 g/mol. The minimum absolute atomic E-state index is 0.0716. The van der Waals surface area contributed by atoms with Gasteiger partial charge in [0.2, 0.25) is 0 Å². The predicted octanol–water partition coefficient (Wildman–Crippen LogP) is 3.78. The Kier molecular flexibility index (Phi) is 5.80. The van der Waals surface area contributed by atoms with Crippen molar-refractivity contribution in [1.82, 2.24) is 4.90 Å². The number of carbonyl (C=O) groups excluding carboxylic acids is 1. The van der Waals surface area contributed by atoms with Gasteiger partial charge in [-0.15, -0.1) is 0 Å². The van der Waals surface area contributed by atoms with Crippen LogP contribution in [0.3, 0.4) is 0 Å². The van der Waals surface area contributed by atoms with Crippen LogP contribution in [-0.2, 0) is 28.9 Å². The minimum atomic E-state index is -0.291. The third kappa shape index (κ3) is 4.48. The second kappa shape index (κ2) is 8.09. The maximum Gasteiger partial charge on any atom is 0.306 e. The van der Waals surface area contributed by atoms with Gasteiger partial charge in [-0.3, -0.25) is 4.79 Å². The number of aromatic hydroxyl groups is 1. The molecule has 1 aliphatic rings. The fourth-order valence-corrected chi connectivity index (χ4v) is 3.86. The zero-order valence-electron chi connectivity index (χ0n) is 16.1. The van der Waals surface area contributed by atoms with Gasteiger partial charge in [0.25, 0.3) is 0 Å². The first-order chi connectivity index (χ1) is 12.9. The maximum atomic E-state index is 13.9. The van der Waals surface area contributed by atoms with E-state index in [0.717, 1.165) is 27.8 Å². The molecular weight excluding hydrogens is 345 g/mol. The van der Waals surface area contributed by atoms with Gasteiger partial charge in [-0.05, 0) is 80.2 Å². The second-order valence-electron chi connectivity index (χ2n) is 7.42. The number of phenolic OH excluding ortho intramolecular Hbond substituents is 1. The van der Waals surface area contributed by atoms with E-state index in [1.807, 2.05) is 25.1 Å². The number of esters is 1. The maximum absolute atomic E-state index is 13.9. The van der Waals surface area contributed by atoms with E-state index in [0.29, 0.717) is 26.0 Å². The van der Waals surface area contributed by atoms with Gasteiger partial charge in [-0.25, -0.2) is 4.39 Å². The van der Waals surface area contributed by atoms with E-state index in [1.54, 1.807) is 19.1 Å². The topological polar surface area (TPSA) is 49.8 Å². The van der Waals surface area contributed by atoms with Crippen molar-refractivity contribution in [3.8, 4) is 5.75 Å². The first-order valence-corrected chi connectivity index (χ1v) is 9.29. The normalized spacial score (nSPS) is 15.8. The molecule has 0 fully saturated rings. The number of halogens is 1. The molecule has 0 aliphatic heterocycles. The van der Waals surface area contributed by atoms with Crippen LogP contribution in [0.4, 0.5) is 4.39 Å². The molecule has 0 bridgehead atoms. The Morgan fingerprint density at radius 1 is 1.22 bits per heavy atom. The molecule has 1 unspecified atom stereocenters.